The minimum Gasteiger partial charge on any atom is -0.480 e. The molecular formula is C4H8N2O3. The predicted octanol–water partition coefficient (Wildman–Crippen LogP) is -0.147. The average Bonchev–Trinajstić information content (AvgIpc) is 1.82. The highest BCUT2D eigenvalue weighted by atomic mass is 16.4. The highest BCUT2D eigenvalue weighted by molar-refractivity contribution is 5.73. The maximum atomic E-state index is 10.00. The van der Waals surface area contributed by atoms with E-state index in [1.165, 1.54) is 0 Å². The Morgan fingerprint density at radius 2 is 2.33 bits per heavy atom. The summed E-state index contributed by atoms with van der Waals surface area (Å²) in [5.41, 5.74) is 6.33. The van der Waals surface area contributed by atoms with Gasteiger partial charge in [-0.3, -0.25) is 0 Å². The molecule has 0 saturated carbocycles. The number of nitrogens with zero attached hydrogens (tertiary/aromatic N) is 1. The number of aliphatic hydroxyl groups is 1. The van der Waals surface area contributed by atoms with Gasteiger partial charge in [-0.05, 0) is 0 Å². The fourth-order valence-corrected chi connectivity index (χ4v) is 0.366. The molecule has 52 valence electrons. The molecule has 0 aromatic rings. The second-order valence-corrected chi connectivity index (χ2v) is 1.50. The Morgan fingerprint density at radius 3 is 2.44 bits per heavy atom. The van der Waals surface area contributed by atoms with E-state index in [1.807, 2.05) is 0 Å². The first-order valence-electron chi connectivity index (χ1n) is 2.42. The van der Waals surface area contributed by atoms with Gasteiger partial charge in [0, 0.05) is 13.0 Å². The van der Waals surface area contributed by atoms with Crippen LogP contribution < -0.4 is 0 Å². The van der Waals surface area contributed by atoms with Crippen LogP contribution in [0.1, 0.15) is 6.42 Å². The molecule has 0 rings (SSSR count). The number of aliphatic hydroxyl groups excluding tert-OH is 1. The van der Waals surface area contributed by atoms with Gasteiger partial charge in [0.25, 0.3) is 0 Å². The van der Waals surface area contributed by atoms with E-state index < -0.39 is 12.0 Å². The van der Waals surface area contributed by atoms with Crippen LogP contribution >= 0.6 is 0 Å². The van der Waals surface area contributed by atoms with Crippen molar-refractivity contribution in [3.8, 4) is 0 Å². The molecule has 0 amide bonds. The van der Waals surface area contributed by atoms with Crippen LogP contribution in [0.3, 0.4) is 0 Å². The van der Waals surface area contributed by atoms with Gasteiger partial charge in [0.05, 0.1) is 0 Å². The van der Waals surface area contributed by atoms with Crippen LogP contribution in [0.15, 0.2) is 5.11 Å². The summed E-state index contributed by atoms with van der Waals surface area (Å²) in [4.78, 5) is 10.00. The van der Waals surface area contributed by atoms with Crippen molar-refractivity contribution in [2.45, 2.75) is 12.5 Å². The number of carboxylic acids is 1. The van der Waals surface area contributed by atoms with Gasteiger partial charge >= 0.3 is 5.97 Å². The molecule has 0 aromatic heterocycles. The normalized spacial score (nSPS) is 12.6. The zero-order valence-corrected chi connectivity index (χ0v) is 4.74. The molecule has 3 N–H and O–H groups in total. The molecule has 0 heterocycles. The molecule has 0 spiro atoms. The molecular weight excluding hydrogens is 124 g/mol. The fourth-order valence-electron chi connectivity index (χ4n) is 0.366. The van der Waals surface area contributed by atoms with Crippen molar-refractivity contribution in [2.75, 3.05) is 6.61 Å². The van der Waals surface area contributed by atoms with Crippen LogP contribution in [-0.4, -0.2) is 28.8 Å². The summed E-state index contributed by atoms with van der Waals surface area (Å²) in [6, 6.07) is -1.07. The molecule has 0 aliphatic heterocycles. The largest absolute Gasteiger partial charge is 0.480 e. The second-order valence-electron chi connectivity index (χ2n) is 1.50. The standard InChI is InChI=1S/C4H8N2O3/c5-6-3(1-2-7)4(8)9/h3,5,7H,1-2H2,(H,8,9)/t3-/m0/s1. The number of aliphatic carboxylic acids is 1. The van der Waals surface area contributed by atoms with Gasteiger partial charge in [-0.2, -0.15) is 5.11 Å². The van der Waals surface area contributed by atoms with Crippen LogP contribution in [0.5, 0.6) is 0 Å². The minimum absolute atomic E-state index is 0.0127. The number of carbonyl (C=O) groups is 1. The molecule has 0 unspecified atom stereocenters. The maximum absolute atomic E-state index is 10.00. The lowest BCUT2D eigenvalue weighted by molar-refractivity contribution is -0.139. The molecule has 0 aromatic carbocycles. The van der Waals surface area contributed by atoms with Gasteiger partial charge in [-0.25, -0.2) is 10.3 Å². The molecule has 0 saturated heterocycles. The summed E-state index contributed by atoms with van der Waals surface area (Å²) in [6.45, 7) is -0.251. The summed E-state index contributed by atoms with van der Waals surface area (Å²) in [5, 5.41) is 19.2. The SMILES string of the molecule is N=N[C@@H](CCO)C(=O)O. The summed E-state index contributed by atoms with van der Waals surface area (Å²) < 4.78 is 0. The molecule has 0 aliphatic rings. The van der Waals surface area contributed by atoms with E-state index >= 15 is 0 Å². The third-order valence-corrected chi connectivity index (χ3v) is 0.843. The van der Waals surface area contributed by atoms with Crippen LogP contribution in [0.4, 0.5) is 0 Å². The summed E-state index contributed by atoms with van der Waals surface area (Å²) in [7, 11) is 0. The topological polar surface area (TPSA) is 93.7 Å². The Kier molecular flexibility index (Phi) is 3.54. The van der Waals surface area contributed by atoms with Crippen LogP contribution in [0, 0.1) is 5.53 Å². The number of carboxylic acid groups (broad SMARTS) is 1. The van der Waals surface area contributed by atoms with Crippen LogP contribution in [0.2, 0.25) is 0 Å². The highest BCUT2D eigenvalue weighted by Gasteiger charge is 2.13. The third-order valence-electron chi connectivity index (χ3n) is 0.843. The maximum Gasteiger partial charge on any atom is 0.330 e. The Balaban J connectivity index is 3.68. The van der Waals surface area contributed by atoms with E-state index in [9.17, 15) is 4.79 Å². The molecule has 0 fully saturated rings. The van der Waals surface area contributed by atoms with Gasteiger partial charge in [0.1, 0.15) is 0 Å². The Bertz CT molecular complexity index is 114. The smallest absolute Gasteiger partial charge is 0.330 e. The molecule has 0 radical (unpaired) electrons. The van der Waals surface area contributed by atoms with E-state index in [0.29, 0.717) is 0 Å². The van der Waals surface area contributed by atoms with E-state index in [1.54, 1.807) is 0 Å². The average molecular weight is 132 g/mol. The van der Waals surface area contributed by atoms with Gasteiger partial charge in [-0.1, -0.05) is 0 Å². The first-order valence-corrected chi connectivity index (χ1v) is 2.42. The highest BCUT2D eigenvalue weighted by Crippen LogP contribution is 1.95. The molecule has 9 heavy (non-hydrogen) atoms. The fraction of sp³-hybridized carbons (Fsp3) is 0.750. The van der Waals surface area contributed by atoms with E-state index in [2.05, 4.69) is 5.11 Å². The van der Waals surface area contributed by atoms with Crippen molar-refractivity contribution in [3.63, 3.8) is 0 Å². The molecule has 0 aliphatic carbocycles. The summed E-state index contributed by atoms with van der Waals surface area (Å²) in [6.07, 6.45) is 0.0127. The van der Waals surface area contributed by atoms with E-state index in [0.717, 1.165) is 0 Å². The number of nitrogens with one attached hydrogen (secondary N) is 1. The lowest BCUT2D eigenvalue weighted by Crippen LogP contribution is -2.18. The quantitative estimate of drug-likeness (QED) is 0.464. The third kappa shape index (κ3) is 2.76. The Morgan fingerprint density at radius 1 is 1.78 bits per heavy atom. The van der Waals surface area contributed by atoms with Gasteiger partial charge in [-0.15, -0.1) is 0 Å². The summed E-state index contributed by atoms with van der Waals surface area (Å²) >= 11 is 0. The monoisotopic (exact) mass is 132 g/mol. The molecule has 5 heteroatoms. The summed E-state index contributed by atoms with van der Waals surface area (Å²) in [5.74, 6) is -1.17. The van der Waals surface area contributed by atoms with Crippen molar-refractivity contribution in [1.29, 1.82) is 5.53 Å². The van der Waals surface area contributed by atoms with Crippen molar-refractivity contribution in [1.82, 2.24) is 0 Å². The molecule has 5 nitrogen and oxygen atoms in total. The molecule has 0 bridgehead atoms. The number of hydrogen-bond acceptors (Lipinski definition) is 4. The Labute approximate surface area is 51.8 Å². The lowest BCUT2D eigenvalue weighted by Gasteiger charge is -1.99. The van der Waals surface area contributed by atoms with E-state index in [4.69, 9.17) is 15.7 Å². The van der Waals surface area contributed by atoms with Gasteiger partial charge in [0.15, 0.2) is 6.04 Å². The first kappa shape index (κ1) is 8.03. The van der Waals surface area contributed by atoms with Crippen molar-refractivity contribution in [3.05, 3.63) is 0 Å². The number of hydrogen-bond donors (Lipinski definition) is 3. The zero-order chi connectivity index (χ0) is 7.28. The van der Waals surface area contributed by atoms with Crippen molar-refractivity contribution >= 4 is 5.97 Å². The van der Waals surface area contributed by atoms with E-state index in [-0.39, 0.29) is 13.0 Å². The van der Waals surface area contributed by atoms with Crippen molar-refractivity contribution in [2.24, 2.45) is 5.11 Å². The van der Waals surface area contributed by atoms with Crippen molar-refractivity contribution < 1.29 is 15.0 Å². The number of rotatable bonds is 4. The lowest BCUT2D eigenvalue weighted by atomic mass is 10.2. The zero-order valence-electron chi connectivity index (χ0n) is 4.74. The second kappa shape index (κ2) is 3.96. The van der Waals surface area contributed by atoms with Gasteiger partial charge in [0.2, 0.25) is 0 Å². The Hall–Kier alpha value is -0.970. The predicted molar refractivity (Wildman–Crippen MR) is 28.3 cm³/mol. The minimum atomic E-state index is -1.17. The first-order chi connectivity index (χ1) is 4.22. The van der Waals surface area contributed by atoms with Crippen LogP contribution in [0.25, 0.3) is 0 Å². The van der Waals surface area contributed by atoms with Crippen LogP contribution in [-0.2, 0) is 4.79 Å². The molecule has 1 atom stereocenters. The van der Waals surface area contributed by atoms with Gasteiger partial charge < -0.3 is 10.2 Å².